The predicted octanol–water partition coefficient (Wildman–Crippen LogP) is 4.12. The van der Waals surface area contributed by atoms with Crippen molar-refractivity contribution >= 4 is 22.8 Å². The third-order valence-electron chi connectivity index (χ3n) is 8.19. The van der Waals surface area contributed by atoms with E-state index in [0.29, 0.717) is 0 Å². The van der Waals surface area contributed by atoms with E-state index in [0.717, 1.165) is 35.7 Å². The molecule has 0 amide bonds. The van der Waals surface area contributed by atoms with Gasteiger partial charge in [-0.3, -0.25) is 9.89 Å². The smallest absolute Gasteiger partial charge is 0.209 e. The average molecular weight is 467 g/mol. The first-order chi connectivity index (χ1) is 16.7. The molecule has 180 valence electrons. The molecule has 1 N–H and O–H groups in total. The molecular weight excluding hydrogens is 430 g/mol. The number of hydrogen-bond donors (Lipinski definition) is 1. The number of aliphatic imine (C=N–C) groups is 1. The second kappa shape index (κ2) is 8.17. The number of rotatable bonds is 4. The summed E-state index contributed by atoms with van der Waals surface area (Å²) < 4.78 is 2.33. The molecular formula is C31H36N3O+. The molecule has 0 saturated carbocycles. The highest BCUT2D eigenvalue weighted by Gasteiger charge is 2.47. The van der Waals surface area contributed by atoms with Crippen LogP contribution in [0, 0.1) is 0 Å². The lowest BCUT2D eigenvalue weighted by atomic mass is 9.77. The van der Waals surface area contributed by atoms with E-state index in [4.69, 9.17) is 0 Å². The van der Waals surface area contributed by atoms with Crippen LogP contribution in [0.4, 0.5) is 11.4 Å². The number of benzene rings is 2. The van der Waals surface area contributed by atoms with Crippen LogP contribution in [0.2, 0.25) is 0 Å². The molecule has 1 aliphatic carbocycles. The van der Waals surface area contributed by atoms with E-state index in [1.54, 1.807) is 7.05 Å². The molecule has 4 nitrogen and oxygen atoms in total. The van der Waals surface area contributed by atoms with Crippen LogP contribution < -0.4 is 10.0 Å². The SMILES string of the molecule is CC[N+]1=C(C=C2C(=NC)C(C=C3[NH+](CC)c4ccccc4C3(C)C)=C2[O-])C(C)(C)c2ccccc21. The molecule has 2 heterocycles. The van der Waals surface area contributed by atoms with Gasteiger partial charge >= 0.3 is 0 Å². The average Bonchev–Trinajstić information content (AvgIpc) is 3.21. The van der Waals surface area contributed by atoms with Gasteiger partial charge in [-0.2, -0.15) is 4.58 Å². The molecule has 0 fully saturated rings. The van der Waals surface area contributed by atoms with E-state index < -0.39 is 0 Å². The lowest BCUT2D eigenvalue weighted by Crippen LogP contribution is -3.04. The van der Waals surface area contributed by atoms with E-state index >= 15 is 0 Å². The zero-order valence-corrected chi connectivity index (χ0v) is 22.0. The maximum atomic E-state index is 13.6. The monoisotopic (exact) mass is 466 g/mol. The van der Waals surface area contributed by atoms with Crippen molar-refractivity contribution in [1.82, 2.24) is 0 Å². The van der Waals surface area contributed by atoms with Gasteiger partial charge in [0.1, 0.15) is 17.9 Å². The van der Waals surface area contributed by atoms with E-state index in [2.05, 4.69) is 112 Å². The molecule has 5 rings (SSSR count). The van der Waals surface area contributed by atoms with Gasteiger partial charge in [0.15, 0.2) is 5.71 Å². The minimum Gasteiger partial charge on any atom is -0.872 e. The molecule has 4 heteroatoms. The highest BCUT2D eigenvalue weighted by Crippen LogP contribution is 2.43. The van der Waals surface area contributed by atoms with Crippen molar-refractivity contribution in [1.29, 1.82) is 0 Å². The van der Waals surface area contributed by atoms with Crippen molar-refractivity contribution in [2.24, 2.45) is 4.99 Å². The van der Waals surface area contributed by atoms with Crippen molar-refractivity contribution < 1.29 is 14.6 Å². The predicted molar refractivity (Wildman–Crippen MR) is 142 cm³/mol. The Morgan fingerprint density at radius 2 is 1.57 bits per heavy atom. The summed E-state index contributed by atoms with van der Waals surface area (Å²) in [7, 11) is 1.80. The summed E-state index contributed by atoms with van der Waals surface area (Å²) in [6.07, 6.45) is 4.22. The zero-order valence-electron chi connectivity index (χ0n) is 22.0. The van der Waals surface area contributed by atoms with Gasteiger partial charge in [-0.1, -0.05) is 42.2 Å². The summed E-state index contributed by atoms with van der Waals surface area (Å²) in [6.45, 7) is 15.2. The van der Waals surface area contributed by atoms with Crippen molar-refractivity contribution in [2.45, 2.75) is 52.4 Å². The Kier molecular flexibility index (Phi) is 5.48. The minimum absolute atomic E-state index is 0.0932. The van der Waals surface area contributed by atoms with E-state index in [1.165, 1.54) is 33.1 Å². The summed E-state index contributed by atoms with van der Waals surface area (Å²) >= 11 is 0. The number of quaternary nitrogens is 1. The van der Waals surface area contributed by atoms with Crippen LogP contribution in [-0.4, -0.2) is 36.1 Å². The van der Waals surface area contributed by atoms with Crippen molar-refractivity contribution in [3.8, 4) is 0 Å². The van der Waals surface area contributed by atoms with E-state index in [1.807, 2.05) is 0 Å². The molecule has 0 aromatic heterocycles. The van der Waals surface area contributed by atoms with E-state index in [-0.39, 0.29) is 16.6 Å². The summed E-state index contributed by atoms with van der Waals surface area (Å²) in [6, 6.07) is 17.2. The molecule has 0 spiro atoms. The number of nitrogens with zero attached hydrogens (tertiary/aromatic N) is 2. The van der Waals surface area contributed by atoms with Gasteiger partial charge in [-0.15, -0.1) is 0 Å². The van der Waals surface area contributed by atoms with Crippen LogP contribution >= 0.6 is 0 Å². The standard InChI is InChI=1S/C31H35N3O/c1-8-33-24-16-12-10-14-22(24)30(3,4)26(33)18-20-28(32-7)21(29(20)35)19-27-31(5,6)23-15-11-13-17-25(23)34(27)9-2/h10-19H,8-9H2,1-7H3/p+1. The van der Waals surface area contributed by atoms with Crippen LogP contribution in [0.3, 0.4) is 0 Å². The Hall–Kier alpha value is -3.24. The number of nitrogens with one attached hydrogen (secondary N) is 1. The van der Waals surface area contributed by atoms with Crippen molar-refractivity contribution in [2.75, 3.05) is 20.1 Å². The second-order valence-corrected chi connectivity index (χ2v) is 10.7. The first-order valence-corrected chi connectivity index (χ1v) is 12.7. The molecule has 1 unspecified atom stereocenters. The molecule has 0 saturated heterocycles. The van der Waals surface area contributed by atoms with Gasteiger partial charge < -0.3 is 5.11 Å². The molecule has 2 aromatic rings. The quantitative estimate of drug-likeness (QED) is 0.677. The first kappa shape index (κ1) is 23.5. The molecule has 0 radical (unpaired) electrons. The van der Waals surface area contributed by atoms with Crippen LogP contribution in [0.25, 0.3) is 0 Å². The fraction of sp³-hybridized carbons (Fsp3) is 0.355. The number of hydrogen-bond acceptors (Lipinski definition) is 2. The van der Waals surface area contributed by atoms with Crippen LogP contribution in [0.15, 0.2) is 88.3 Å². The van der Waals surface area contributed by atoms with Crippen LogP contribution in [0.1, 0.15) is 52.7 Å². The highest BCUT2D eigenvalue weighted by atomic mass is 16.3. The van der Waals surface area contributed by atoms with Crippen molar-refractivity contribution in [3.63, 3.8) is 0 Å². The number of allylic oxidation sites excluding steroid dienone is 5. The van der Waals surface area contributed by atoms with E-state index in [9.17, 15) is 5.11 Å². The highest BCUT2D eigenvalue weighted by molar-refractivity contribution is 6.26. The summed E-state index contributed by atoms with van der Waals surface area (Å²) in [5, 5.41) is 13.6. The molecule has 1 atom stereocenters. The van der Waals surface area contributed by atoms with Crippen molar-refractivity contribution in [3.05, 3.63) is 94.4 Å². The summed E-state index contributed by atoms with van der Waals surface area (Å²) in [5.74, 6) is 0.0932. The third kappa shape index (κ3) is 3.23. The Bertz CT molecular complexity index is 1380. The maximum Gasteiger partial charge on any atom is 0.209 e. The molecule has 0 bridgehead atoms. The maximum absolute atomic E-state index is 13.6. The molecule has 2 aliphatic heterocycles. The Labute approximate surface area is 209 Å². The lowest BCUT2D eigenvalue weighted by molar-refractivity contribution is -0.786. The first-order valence-electron chi connectivity index (χ1n) is 12.7. The van der Waals surface area contributed by atoms with Crippen LogP contribution in [-0.2, 0) is 10.8 Å². The minimum atomic E-state index is -0.175. The number of likely N-dealkylation sites (N-methyl/N-ethyl adjacent to an activating group) is 1. The Morgan fingerprint density at radius 3 is 2.23 bits per heavy atom. The van der Waals surface area contributed by atoms with Gasteiger partial charge in [-0.25, -0.2) is 0 Å². The largest absolute Gasteiger partial charge is 0.872 e. The molecule has 2 aromatic carbocycles. The topological polar surface area (TPSA) is 42.9 Å². The lowest BCUT2D eigenvalue weighted by Gasteiger charge is -2.33. The number of para-hydroxylation sites is 2. The van der Waals surface area contributed by atoms with Gasteiger partial charge in [0.05, 0.1) is 23.1 Å². The number of fused-ring (bicyclic) bond motifs is 2. The van der Waals surface area contributed by atoms with Gasteiger partial charge in [0.25, 0.3) is 0 Å². The second-order valence-electron chi connectivity index (χ2n) is 10.7. The van der Waals surface area contributed by atoms with Crippen LogP contribution in [0.5, 0.6) is 0 Å². The fourth-order valence-corrected chi connectivity index (χ4v) is 6.28. The summed E-state index contributed by atoms with van der Waals surface area (Å²) in [5.41, 5.74) is 9.53. The van der Waals surface area contributed by atoms with Gasteiger partial charge in [0.2, 0.25) is 5.69 Å². The zero-order chi connectivity index (χ0) is 25.1. The van der Waals surface area contributed by atoms with Gasteiger partial charge in [0, 0.05) is 36.4 Å². The molecule has 35 heavy (non-hydrogen) atoms. The van der Waals surface area contributed by atoms with Gasteiger partial charge in [-0.05, 0) is 58.8 Å². The Morgan fingerprint density at radius 1 is 0.914 bits per heavy atom. The third-order valence-corrected chi connectivity index (χ3v) is 8.19. The fourth-order valence-electron chi connectivity index (χ4n) is 6.28. The normalized spacial score (nSPS) is 25.5. The summed E-state index contributed by atoms with van der Waals surface area (Å²) in [4.78, 5) is 5.92. The molecule has 3 aliphatic rings. The Balaban J connectivity index is 1.61.